The first-order valence-corrected chi connectivity index (χ1v) is 24.1. The number of methoxy groups -OCH3 is 2. The van der Waals surface area contributed by atoms with Gasteiger partial charge in [0, 0.05) is 43.8 Å². The van der Waals surface area contributed by atoms with E-state index in [9.17, 15) is 19.2 Å². The normalized spacial score (nSPS) is 12.8. The van der Waals surface area contributed by atoms with Gasteiger partial charge in [0.15, 0.2) is 24.1 Å². The summed E-state index contributed by atoms with van der Waals surface area (Å²) in [6, 6.07) is 15.9. The van der Waals surface area contributed by atoms with E-state index in [4.69, 9.17) is 9.47 Å². The molecule has 1 aliphatic heterocycles. The Bertz CT molecular complexity index is 1750. The van der Waals surface area contributed by atoms with Gasteiger partial charge in [-0.15, -0.1) is 44.6 Å². The molecule has 1 radical (unpaired) electrons. The number of carbonyl (C=O) groups is 4. The van der Waals surface area contributed by atoms with Gasteiger partial charge in [0.1, 0.15) is 0 Å². The van der Waals surface area contributed by atoms with Crippen LogP contribution in [0.1, 0.15) is 50.4 Å². The first kappa shape index (κ1) is 47.8. The number of nitrogens with zero attached hydrogens (tertiary/aromatic N) is 1. The molecule has 15 heteroatoms. The van der Waals surface area contributed by atoms with Crippen LogP contribution in [0, 0.1) is 7.43 Å². The summed E-state index contributed by atoms with van der Waals surface area (Å²) < 4.78 is 10.9. The summed E-state index contributed by atoms with van der Waals surface area (Å²) in [5.74, 6) is 0.487. The predicted octanol–water partition coefficient (Wildman–Crippen LogP) is 10.4. The summed E-state index contributed by atoms with van der Waals surface area (Å²) in [7, 11) is 17.3. The molecule has 0 saturated heterocycles. The average molecular weight is 864 g/mol. The van der Waals surface area contributed by atoms with Gasteiger partial charge in [-0.05, 0) is 111 Å². The number of fused-ring (bicyclic) bond motifs is 4. The van der Waals surface area contributed by atoms with E-state index in [-0.39, 0.29) is 54.5 Å². The molecule has 6 rings (SSSR count). The Hall–Kier alpha value is -1.19. The van der Waals surface area contributed by atoms with Crippen molar-refractivity contribution in [1.82, 2.24) is 0 Å². The van der Waals surface area contributed by atoms with Crippen molar-refractivity contribution in [2.45, 2.75) is 7.43 Å². The molecule has 0 fully saturated rings. The van der Waals surface area contributed by atoms with Gasteiger partial charge in [0.2, 0.25) is 0 Å². The molecule has 2 amide bonds. The second-order valence-corrected chi connectivity index (χ2v) is 25.4. The Labute approximate surface area is 328 Å². The van der Waals surface area contributed by atoms with Crippen LogP contribution in [-0.2, 0) is 42.3 Å². The molecule has 1 aliphatic carbocycles. The summed E-state index contributed by atoms with van der Waals surface area (Å²) in [6.07, 6.45) is 12.1. The first-order valence-electron chi connectivity index (χ1n) is 13.3. The van der Waals surface area contributed by atoms with Crippen molar-refractivity contribution in [3.05, 3.63) is 107 Å². The van der Waals surface area contributed by atoms with Gasteiger partial charge in [-0.3, -0.25) is 9.59 Å². The molecular formula is C34H40NO6P7Y-2. The topological polar surface area (TPSA) is 101 Å². The van der Waals surface area contributed by atoms with Crippen molar-refractivity contribution in [1.29, 1.82) is 0 Å². The summed E-state index contributed by atoms with van der Waals surface area (Å²) in [5.41, 5.74) is 5.08. The van der Waals surface area contributed by atoms with Crippen molar-refractivity contribution in [3.8, 4) is 11.5 Å². The molecule has 0 spiro atoms. The number of hydrogen-bond donors (Lipinski definition) is 0. The molecule has 2 aliphatic rings. The summed E-state index contributed by atoms with van der Waals surface area (Å²) in [4.78, 5) is 42.7. The molecule has 0 N–H and O–H groups in total. The second kappa shape index (κ2) is 24.1. The van der Waals surface area contributed by atoms with Crippen molar-refractivity contribution < 1.29 is 61.4 Å². The van der Waals surface area contributed by atoms with Gasteiger partial charge >= 0.3 is 0 Å². The first-order chi connectivity index (χ1) is 22.1. The number of hydrogen-bond acceptors (Lipinski definition) is 6. The van der Waals surface area contributed by atoms with Crippen molar-refractivity contribution in [2.75, 3.05) is 14.2 Å². The third-order valence-corrected chi connectivity index (χ3v) is 6.52. The van der Waals surface area contributed by atoms with E-state index in [0.717, 1.165) is 76.5 Å². The van der Waals surface area contributed by atoms with Crippen molar-refractivity contribution in [2.24, 2.45) is 0 Å². The molecule has 7 nitrogen and oxygen atoms in total. The minimum Gasteiger partial charge on any atom is -0.589 e. The van der Waals surface area contributed by atoms with Crippen molar-refractivity contribution >= 4 is 130 Å². The molecule has 0 saturated carbocycles. The third kappa shape index (κ3) is 14.0. The van der Waals surface area contributed by atoms with E-state index in [1.54, 1.807) is 26.4 Å². The monoisotopic (exact) mass is 864 g/mol. The minimum atomic E-state index is -0.454. The molecule has 4 aromatic carbocycles. The van der Waals surface area contributed by atoms with Crippen LogP contribution in [0.15, 0.2) is 60.7 Å². The third-order valence-electron chi connectivity index (χ3n) is 6.52. The summed E-state index contributed by atoms with van der Waals surface area (Å²) in [5, 5.41) is 6.97. The second-order valence-electron chi connectivity index (χ2n) is 9.48. The Morgan fingerprint density at radius 3 is 1.08 bits per heavy atom. The van der Waals surface area contributed by atoms with Crippen LogP contribution in [0.2, 0.25) is 0 Å². The predicted molar refractivity (Wildman–Crippen MR) is 229 cm³/mol. The molecule has 0 aromatic heterocycles. The average Bonchev–Trinajstić information content (AvgIpc) is 3.42. The van der Waals surface area contributed by atoms with E-state index >= 15 is 0 Å². The standard InChI is InChI=1S/C28H20O4.C4H3NO2.CH4.CH3.H6P4.H5P3.Y/c1-31-27-13-23-9-19-5-3-17-7-21-11-25(15-29)26(16-30)12-22(21)8-18(17)4-6-20(19)10-24(23)14-28(27)32-2;6-3-1-2-4(7)5-3;;;1-4(2)3;1-3-2;/h3-16H,1-2H3;1-2H,(H,5,6,7);1H4;1H3;1-3H2;3H,1-2H2;/q;;;-1;;;/p-1/b5-3-,6-4-,17-3?,18-4?,19-5?,20-6?;;;;;;. The van der Waals surface area contributed by atoms with E-state index in [2.05, 4.69) is 86.4 Å². The van der Waals surface area contributed by atoms with E-state index < -0.39 is 11.8 Å². The van der Waals surface area contributed by atoms with E-state index in [0.29, 0.717) is 22.6 Å². The molecule has 49 heavy (non-hydrogen) atoms. The largest absolute Gasteiger partial charge is 0.589 e. The maximum absolute atomic E-state index is 11.3. The zero-order chi connectivity index (χ0) is 33.8. The Kier molecular flexibility index (Phi) is 23.5. The molecule has 5 atom stereocenters. The van der Waals surface area contributed by atoms with Crippen LogP contribution in [-0.4, -0.2) is 38.6 Å². The summed E-state index contributed by atoms with van der Waals surface area (Å²) >= 11 is 0. The van der Waals surface area contributed by atoms with E-state index in [1.165, 1.54) is 0 Å². The molecule has 1 heterocycles. The quantitative estimate of drug-likeness (QED) is 0.0772. The number of aldehydes is 2. The zero-order valence-electron chi connectivity index (χ0n) is 26.5. The number of carbonyl (C=O) groups excluding carboxylic acids is 4. The fraction of sp³-hybridized carbons (Fsp3) is 0.0882. The smallest absolute Gasteiger partial charge is 0.161 e. The van der Waals surface area contributed by atoms with Gasteiger partial charge in [-0.25, -0.2) is 0 Å². The fourth-order valence-corrected chi connectivity index (χ4v) is 4.55. The number of rotatable bonds is 4. The molecule has 257 valence electrons. The molecule has 5 unspecified atom stereocenters. The minimum absolute atomic E-state index is 0. The van der Waals surface area contributed by atoms with Crippen LogP contribution >= 0.6 is 59.6 Å². The van der Waals surface area contributed by atoms with Crippen LogP contribution in [0.3, 0.4) is 0 Å². The van der Waals surface area contributed by atoms with Crippen LogP contribution in [0.25, 0.3) is 51.2 Å². The number of benzene rings is 4. The zero-order valence-corrected chi connectivity index (χ0v) is 37.1. The number of amides is 2. The SMILES string of the molecule is C.COc1cc2cc3c(cc2cc1OC)/C=C\c1cc2cc(C=O)c(C=O)cc2cc1/C=C\3.O=C1C=CC(=O)[N-]1.PP(P)P.PPP.[CH3-].[Y]. The Balaban J connectivity index is 0.00000115. The van der Waals surface area contributed by atoms with E-state index in [1.807, 2.05) is 24.3 Å². The van der Waals surface area contributed by atoms with Gasteiger partial charge in [0.25, 0.3) is 0 Å². The fourth-order valence-electron chi connectivity index (χ4n) is 4.55. The Morgan fingerprint density at radius 2 is 0.878 bits per heavy atom. The van der Waals surface area contributed by atoms with Gasteiger partial charge in [-0.2, -0.15) is 0 Å². The van der Waals surface area contributed by atoms with Crippen LogP contribution in [0.4, 0.5) is 0 Å². The Morgan fingerprint density at radius 1 is 0.612 bits per heavy atom. The van der Waals surface area contributed by atoms with Crippen LogP contribution < -0.4 is 9.47 Å². The van der Waals surface area contributed by atoms with Crippen LogP contribution in [0.5, 0.6) is 11.5 Å². The molecular weight excluding hydrogens is 824 g/mol. The van der Waals surface area contributed by atoms with Gasteiger partial charge < -0.3 is 31.8 Å². The maximum Gasteiger partial charge on any atom is 0.161 e. The number of ether oxygens (including phenoxy) is 2. The van der Waals surface area contributed by atoms with Gasteiger partial charge in [-0.1, -0.05) is 39.7 Å². The summed E-state index contributed by atoms with van der Waals surface area (Å²) in [6.45, 7) is 0.130. The molecule has 0 bridgehead atoms. The number of imide groups is 1. The van der Waals surface area contributed by atoms with Crippen molar-refractivity contribution in [3.63, 3.8) is 0 Å². The molecule has 4 aromatic rings. The van der Waals surface area contributed by atoms with Gasteiger partial charge in [0.05, 0.1) is 26.0 Å². The maximum atomic E-state index is 11.3.